The molecule has 7 heteroatoms. The second kappa shape index (κ2) is 6.87. The van der Waals surface area contributed by atoms with Crippen LogP contribution in [-0.4, -0.2) is 19.3 Å². The highest BCUT2D eigenvalue weighted by molar-refractivity contribution is 9.10. The summed E-state index contributed by atoms with van der Waals surface area (Å²) in [6, 6.07) is 4.81. The number of hydrogen-bond acceptors (Lipinski definition) is 2. The molecule has 2 unspecified atom stereocenters. The Morgan fingerprint density at radius 3 is 2.76 bits per heavy atom. The van der Waals surface area contributed by atoms with Crippen LogP contribution < -0.4 is 4.72 Å². The lowest BCUT2D eigenvalue weighted by atomic mass is 9.78. The molecule has 21 heavy (non-hydrogen) atoms. The van der Waals surface area contributed by atoms with Gasteiger partial charge in [-0.3, -0.25) is 0 Å². The van der Waals surface area contributed by atoms with E-state index in [1.54, 1.807) is 12.1 Å². The minimum absolute atomic E-state index is 0.130. The number of halogens is 3. The van der Waals surface area contributed by atoms with Gasteiger partial charge in [0.25, 0.3) is 0 Å². The summed E-state index contributed by atoms with van der Waals surface area (Å²) < 4.78 is 29.0. The third-order valence-electron chi connectivity index (χ3n) is 3.88. The van der Waals surface area contributed by atoms with Gasteiger partial charge in [0.15, 0.2) is 0 Å². The fourth-order valence-corrected chi connectivity index (χ4v) is 6.25. The second-order valence-corrected chi connectivity index (χ2v) is 9.33. The predicted octanol–water partition coefficient (Wildman–Crippen LogP) is 4.72. The molecule has 118 valence electrons. The number of nitrogens with one attached hydrogen (secondary N) is 1. The van der Waals surface area contributed by atoms with E-state index in [2.05, 4.69) is 43.5 Å². The van der Waals surface area contributed by atoms with Gasteiger partial charge in [0.2, 0.25) is 10.0 Å². The highest BCUT2D eigenvalue weighted by atomic mass is 79.9. The summed E-state index contributed by atoms with van der Waals surface area (Å²) in [5.41, 5.74) is -0.424. The van der Waals surface area contributed by atoms with Crippen molar-refractivity contribution in [2.75, 3.05) is 5.33 Å². The standard InChI is InChI=1S/C14H18Br2ClNO2S/c1-10-3-2-6-14(8-10,9-15)18-21(19,20)13-5-4-11(16)7-12(13)17/h4-5,7,10,18H,2-3,6,8-9H2,1H3. The molecule has 1 fully saturated rings. The van der Waals surface area contributed by atoms with Gasteiger partial charge in [-0.05, 0) is 37.0 Å². The number of alkyl halides is 1. The number of hydrogen-bond donors (Lipinski definition) is 1. The van der Waals surface area contributed by atoms with Crippen molar-refractivity contribution in [1.82, 2.24) is 4.72 Å². The fraction of sp³-hybridized carbons (Fsp3) is 0.571. The van der Waals surface area contributed by atoms with E-state index in [0.717, 1.165) is 30.2 Å². The molecular formula is C14H18Br2ClNO2S. The van der Waals surface area contributed by atoms with Gasteiger partial charge in [0.05, 0.1) is 5.02 Å². The second-order valence-electron chi connectivity index (χ2n) is 5.80. The third kappa shape index (κ3) is 4.22. The molecule has 0 amide bonds. The van der Waals surface area contributed by atoms with Crippen LogP contribution in [-0.2, 0) is 10.0 Å². The molecule has 0 heterocycles. The minimum Gasteiger partial charge on any atom is -0.207 e. The maximum Gasteiger partial charge on any atom is 0.242 e. The van der Waals surface area contributed by atoms with Crippen LogP contribution in [0.25, 0.3) is 0 Å². The summed E-state index contributed by atoms with van der Waals surface area (Å²) in [5, 5.41) is 0.836. The van der Waals surface area contributed by atoms with Crippen molar-refractivity contribution in [1.29, 1.82) is 0 Å². The van der Waals surface area contributed by atoms with Crippen molar-refractivity contribution in [2.45, 2.75) is 43.0 Å². The highest BCUT2D eigenvalue weighted by Crippen LogP contribution is 2.35. The summed E-state index contributed by atoms with van der Waals surface area (Å²) in [7, 11) is -3.63. The Hall–Kier alpha value is 0.380. The summed E-state index contributed by atoms with van der Waals surface area (Å²) >= 11 is 12.9. The summed E-state index contributed by atoms with van der Waals surface area (Å²) in [5.74, 6) is 0.513. The van der Waals surface area contributed by atoms with Gasteiger partial charge < -0.3 is 0 Å². The van der Waals surface area contributed by atoms with E-state index in [-0.39, 0.29) is 9.92 Å². The molecule has 2 atom stereocenters. The van der Waals surface area contributed by atoms with E-state index in [1.165, 1.54) is 6.07 Å². The van der Waals surface area contributed by atoms with E-state index in [1.807, 2.05) is 0 Å². The molecule has 0 bridgehead atoms. The maximum absolute atomic E-state index is 12.7. The number of rotatable bonds is 4. The summed E-state index contributed by atoms with van der Waals surface area (Å²) in [6.45, 7) is 2.16. The first kappa shape index (κ1) is 17.7. The lowest BCUT2D eigenvalue weighted by Gasteiger charge is -2.39. The van der Waals surface area contributed by atoms with Gasteiger partial charge in [-0.25, -0.2) is 13.1 Å². The van der Waals surface area contributed by atoms with Crippen LogP contribution in [0.1, 0.15) is 32.6 Å². The van der Waals surface area contributed by atoms with Gasteiger partial charge in [-0.2, -0.15) is 0 Å². The van der Waals surface area contributed by atoms with Crippen LogP contribution in [0.15, 0.2) is 27.6 Å². The Labute approximate surface area is 148 Å². The van der Waals surface area contributed by atoms with Crippen LogP contribution in [0.5, 0.6) is 0 Å². The predicted molar refractivity (Wildman–Crippen MR) is 93.6 cm³/mol. The molecule has 1 saturated carbocycles. The topological polar surface area (TPSA) is 46.2 Å². The molecule has 0 aliphatic heterocycles. The van der Waals surface area contributed by atoms with Gasteiger partial charge >= 0.3 is 0 Å². The quantitative estimate of drug-likeness (QED) is 0.662. The largest absolute Gasteiger partial charge is 0.242 e. The first-order valence-corrected chi connectivity index (χ1v) is 10.6. The van der Waals surface area contributed by atoms with Crippen molar-refractivity contribution in [3.05, 3.63) is 27.7 Å². The van der Waals surface area contributed by atoms with Crippen molar-refractivity contribution in [3.8, 4) is 0 Å². The van der Waals surface area contributed by atoms with Crippen LogP contribution >= 0.6 is 43.5 Å². The van der Waals surface area contributed by atoms with E-state index in [0.29, 0.717) is 11.2 Å². The Morgan fingerprint density at radius 1 is 1.48 bits per heavy atom. The SMILES string of the molecule is CC1CCCC(CBr)(NS(=O)(=O)c2ccc(Br)cc2Cl)C1. The monoisotopic (exact) mass is 457 g/mol. The van der Waals surface area contributed by atoms with Crippen molar-refractivity contribution < 1.29 is 8.42 Å². The fourth-order valence-electron chi connectivity index (χ4n) is 2.93. The zero-order valence-corrected chi connectivity index (χ0v) is 16.4. The molecule has 1 aliphatic rings. The molecule has 0 radical (unpaired) electrons. The zero-order chi connectivity index (χ0) is 15.7. The van der Waals surface area contributed by atoms with Gasteiger partial charge in [-0.15, -0.1) is 0 Å². The molecule has 0 saturated heterocycles. The van der Waals surface area contributed by atoms with E-state index >= 15 is 0 Å². The smallest absolute Gasteiger partial charge is 0.207 e. The van der Waals surface area contributed by atoms with E-state index in [9.17, 15) is 8.42 Å². The van der Waals surface area contributed by atoms with E-state index < -0.39 is 15.6 Å². The van der Waals surface area contributed by atoms with Crippen molar-refractivity contribution >= 4 is 53.5 Å². The Balaban J connectivity index is 2.31. The molecule has 1 aromatic rings. The molecule has 0 spiro atoms. The van der Waals surface area contributed by atoms with Crippen molar-refractivity contribution in [3.63, 3.8) is 0 Å². The average Bonchev–Trinajstić information content (AvgIpc) is 2.37. The number of benzene rings is 1. The Bertz CT molecular complexity index is 623. The summed E-state index contributed by atoms with van der Waals surface area (Å²) in [4.78, 5) is 0.130. The Kier molecular flexibility index (Phi) is 5.80. The normalized spacial score (nSPS) is 26.8. The van der Waals surface area contributed by atoms with Gasteiger partial charge in [0, 0.05) is 15.3 Å². The molecule has 1 N–H and O–H groups in total. The molecular weight excluding hydrogens is 441 g/mol. The van der Waals surface area contributed by atoms with Gasteiger partial charge in [0.1, 0.15) is 4.90 Å². The Morgan fingerprint density at radius 2 is 2.19 bits per heavy atom. The average molecular weight is 460 g/mol. The lowest BCUT2D eigenvalue weighted by molar-refractivity contribution is 0.241. The highest BCUT2D eigenvalue weighted by Gasteiger charge is 2.38. The lowest BCUT2D eigenvalue weighted by Crippen LogP contribution is -2.52. The summed E-state index contributed by atoms with van der Waals surface area (Å²) in [6.07, 6.45) is 3.86. The van der Waals surface area contributed by atoms with Crippen LogP contribution in [0, 0.1) is 5.92 Å². The van der Waals surface area contributed by atoms with Crippen LogP contribution in [0.3, 0.4) is 0 Å². The van der Waals surface area contributed by atoms with E-state index in [4.69, 9.17) is 11.6 Å². The molecule has 2 rings (SSSR count). The molecule has 1 aliphatic carbocycles. The maximum atomic E-state index is 12.7. The number of sulfonamides is 1. The first-order chi connectivity index (χ1) is 9.78. The minimum atomic E-state index is -3.63. The third-order valence-corrected chi connectivity index (χ3v) is 7.51. The first-order valence-electron chi connectivity index (χ1n) is 6.83. The van der Waals surface area contributed by atoms with Crippen LogP contribution in [0.4, 0.5) is 0 Å². The zero-order valence-electron chi connectivity index (χ0n) is 11.7. The molecule has 3 nitrogen and oxygen atoms in total. The van der Waals surface area contributed by atoms with Gasteiger partial charge in [-0.1, -0.05) is 63.2 Å². The van der Waals surface area contributed by atoms with Crippen LogP contribution in [0.2, 0.25) is 5.02 Å². The molecule has 0 aromatic heterocycles. The van der Waals surface area contributed by atoms with Crippen molar-refractivity contribution in [2.24, 2.45) is 5.92 Å². The molecule has 1 aromatic carbocycles.